The van der Waals surface area contributed by atoms with Crippen LogP contribution in [0.15, 0.2) is 0 Å². The maximum Gasteiger partial charge on any atom is 0.408 e. The SMILES string of the molecule is CC(C)(C)OC(=O)NC(CC1CCCNC1=O)C(=O)C(=O)N1CC2(COC2)C1. The van der Waals surface area contributed by atoms with Crippen LogP contribution < -0.4 is 10.6 Å². The number of nitrogens with zero attached hydrogens (tertiary/aromatic N) is 1. The summed E-state index contributed by atoms with van der Waals surface area (Å²) in [7, 11) is 0. The van der Waals surface area contributed by atoms with Gasteiger partial charge >= 0.3 is 6.09 Å². The number of ether oxygens (including phenoxy) is 2. The molecule has 2 unspecified atom stereocenters. The number of nitrogens with one attached hydrogen (secondary N) is 2. The fourth-order valence-corrected chi connectivity index (χ4v) is 3.81. The summed E-state index contributed by atoms with van der Waals surface area (Å²) in [4.78, 5) is 51.3. The van der Waals surface area contributed by atoms with Crippen molar-refractivity contribution in [3.63, 3.8) is 0 Å². The van der Waals surface area contributed by atoms with Gasteiger partial charge in [0, 0.05) is 25.6 Å². The monoisotopic (exact) mass is 395 g/mol. The highest BCUT2D eigenvalue weighted by Crippen LogP contribution is 2.37. The molecule has 3 rings (SSSR count). The molecule has 3 heterocycles. The van der Waals surface area contributed by atoms with Crippen LogP contribution in [0.4, 0.5) is 4.79 Å². The van der Waals surface area contributed by atoms with Gasteiger partial charge in [-0.3, -0.25) is 14.4 Å². The van der Waals surface area contributed by atoms with E-state index in [9.17, 15) is 19.2 Å². The van der Waals surface area contributed by atoms with Crippen molar-refractivity contribution in [1.29, 1.82) is 0 Å². The normalized spacial score (nSPS) is 24.5. The van der Waals surface area contributed by atoms with Crippen molar-refractivity contribution in [3.8, 4) is 0 Å². The van der Waals surface area contributed by atoms with Crippen LogP contribution in [0.3, 0.4) is 0 Å². The van der Waals surface area contributed by atoms with Gasteiger partial charge < -0.3 is 25.0 Å². The van der Waals surface area contributed by atoms with Gasteiger partial charge in [-0.25, -0.2) is 4.79 Å². The summed E-state index contributed by atoms with van der Waals surface area (Å²) >= 11 is 0. The molecule has 156 valence electrons. The molecule has 0 bridgehead atoms. The minimum absolute atomic E-state index is 0.00666. The van der Waals surface area contributed by atoms with Crippen LogP contribution in [0, 0.1) is 11.3 Å². The Kier molecular flexibility index (Phi) is 5.65. The van der Waals surface area contributed by atoms with Crippen LogP contribution >= 0.6 is 0 Å². The molecule has 0 aliphatic carbocycles. The molecule has 3 aliphatic rings. The molecule has 1 spiro atoms. The molecular formula is C19H29N3O6. The number of ketones is 1. The molecule has 9 nitrogen and oxygen atoms in total. The smallest absolute Gasteiger partial charge is 0.408 e. The van der Waals surface area contributed by atoms with Gasteiger partial charge in [-0.2, -0.15) is 0 Å². The van der Waals surface area contributed by atoms with E-state index in [-0.39, 0.29) is 17.7 Å². The molecule has 9 heteroatoms. The van der Waals surface area contributed by atoms with Crippen LogP contribution in [0.25, 0.3) is 0 Å². The molecular weight excluding hydrogens is 366 g/mol. The lowest BCUT2D eigenvalue weighted by Gasteiger charge is -2.54. The van der Waals surface area contributed by atoms with Crippen molar-refractivity contribution >= 4 is 23.7 Å². The van der Waals surface area contributed by atoms with Crippen LogP contribution in [-0.4, -0.2) is 73.1 Å². The molecule has 0 aromatic rings. The van der Waals surface area contributed by atoms with Crippen molar-refractivity contribution < 1.29 is 28.7 Å². The maximum absolute atomic E-state index is 12.9. The van der Waals surface area contributed by atoms with Gasteiger partial charge in [0.15, 0.2) is 0 Å². The predicted octanol–water partition coefficient (Wildman–Crippen LogP) is 0.224. The standard InChI is InChI=1S/C19H29N3O6/c1-18(2,3)28-17(26)21-13(7-12-5-4-6-20-15(12)24)14(23)16(25)22-8-19(9-22)10-27-11-19/h12-13H,4-11H2,1-3H3,(H,20,24)(H,21,26). The average molecular weight is 395 g/mol. The second-order valence-corrected chi connectivity index (χ2v) is 9.08. The number of Topliss-reactive ketones (excluding diaryl/α,β-unsaturated/α-hetero) is 1. The third-order valence-electron chi connectivity index (χ3n) is 5.29. The molecule has 0 aromatic heterocycles. The lowest BCUT2D eigenvalue weighted by atomic mass is 9.77. The Bertz CT molecular complexity index is 659. The highest BCUT2D eigenvalue weighted by atomic mass is 16.6. The molecule has 0 radical (unpaired) electrons. The number of hydrogen-bond acceptors (Lipinski definition) is 6. The number of amides is 3. The van der Waals surface area contributed by atoms with Gasteiger partial charge in [0.1, 0.15) is 11.6 Å². The van der Waals surface area contributed by atoms with Crippen molar-refractivity contribution in [3.05, 3.63) is 0 Å². The zero-order valence-electron chi connectivity index (χ0n) is 16.7. The van der Waals surface area contributed by atoms with E-state index in [1.807, 2.05) is 0 Å². The number of carbonyl (C=O) groups excluding carboxylic acids is 4. The number of rotatable bonds is 5. The van der Waals surface area contributed by atoms with Crippen LogP contribution in [-0.2, 0) is 23.9 Å². The Morgan fingerprint density at radius 2 is 2.00 bits per heavy atom. The second-order valence-electron chi connectivity index (χ2n) is 9.08. The average Bonchev–Trinajstić information content (AvgIpc) is 2.51. The van der Waals surface area contributed by atoms with E-state index in [2.05, 4.69) is 10.6 Å². The van der Waals surface area contributed by atoms with E-state index in [1.165, 1.54) is 4.90 Å². The Hall–Kier alpha value is -2.16. The first-order chi connectivity index (χ1) is 13.1. The van der Waals surface area contributed by atoms with E-state index >= 15 is 0 Å². The van der Waals surface area contributed by atoms with Crippen LogP contribution in [0.5, 0.6) is 0 Å². The number of hydrogen-bond donors (Lipinski definition) is 2. The fraction of sp³-hybridized carbons (Fsp3) is 0.789. The first-order valence-corrected chi connectivity index (χ1v) is 9.77. The maximum atomic E-state index is 12.9. The molecule has 2 atom stereocenters. The Morgan fingerprint density at radius 3 is 2.54 bits per heavy atom. The van der Waals surface area contributed by atoms with E-state index < -0.39 is 35.3 Å². The summed E-state index contributed by atoms with van der Waals surface area (Å²) in [5, 5.41) is 5.28. The van der Waals surface area contributed by atoms with E-state index in [0.29, 0.717) is 39.3 Å². The van der Waals surface area contributed by atoms with Crippen molar-refractivity contribution in [2.24, 2.45) is 11.3 Å². The summed E-state index contributed by atoms with van der Waals surface area (Å²) in [6.07, 6.45) is 0.718. The van der Waals surface area contributed by atoms with E-state index in [4.69, 9.17) is 9.47 Å². The fourth-order valence-electron chi connectivity index (χ4n) is 3.81. The number of alkyl carbamates (subject to hydrolysis) is 1. The van der Waals surface area contributed by atoms with Crippen LogP contribution in [0.1, 0.15) is 40.0 Å². The Morgan fingerprint density at radius 1 is 1.32 bits per heavy atom. The third-order valence-corrected chi connectivity index (χ3v) is 5.29. The number of carbonyl (C=O) groups is 4. The summed E-state index contributed by atoms with van der Waals surface area (Å²) in [6.45, 7) is 7.92. The number of likely N-dealkylation sites (tertiary alicyclic amines) is 1. The summed E-state index contributed by atoms with van der Waals surface area (Å²) in [5.41, 5.74) is -0.745. The lowest BCUT2D eigenvalue weighted by molar-refractivity contribution is -0.195. The molecule has 3 amide bonds. The lowest BCUT2D eigenvalue weighted by Crippen LogP contribution is -2.68. The molecule has 3 fully saturated rings. The summed E-state index contributed by atoms with van der Waals surface area (Å²) in [5.74, 6) is -1.92. The minimum atomic E-state index is -1.09. The Balaban J connectivity index is 1.65. The van der Waals surface area contributed by atoms with Gasteiger partial charge in [0.05, 0.1) is 18.6 Å². The summed E-state index contributed by atoms with van der Waals surface area (Å²) in [6, 6.07) is -1.09. The zero-order valence-corrected chi connectivity index (χ0v) is 16.7. The van der Waals surface area contributed by atoms with E-state index in [1.54, 1.807) is 20.8 Å². The topological polar surface area (TPSA) is 114 Å². The highest BCUT2D eigenvalue weighted by Gasteiger charge is 2.52. The van der Waals surface area contributed by atoms with Crippen molar-refractivity contribution in [2.75, 3.05) is 32.8 Å². The largest absolute Gasteiger partial charge is 0.444 e. The first kappa shape index (κ1) is 20.6. The quantitative estimate of drug-likeness (QED) is 0.644. The minimum Gasteiger partial charge on any atom is -0.444 e. The third kappa shape index (κ3) is 4.63. The first-order valence-electron chi connectivity index (χ1n) is 9.77. The van der Waals surface area contributed by atoms with Crippen molar-refractivity contribution in [2.45, 2.75) is 51.7 Å². The highest BCUT2D eigenvalue weighted by molar-refractivity contribution is 6.38. The van der Waals surface area contributed by atoms with Gasteiger partial charge in [0.2, 0.25) is 11.7 Å². The molecule has 2 N–H and O–H groups in total. The van der Waals surface area contributed by atoms with Gasteiger partial charge in [-0.05, 0) is 40.0 Å². The van der Waals surface area contributed by atoms with Crippen LogP contribution in [0.2, 0.25) is 0 Å². The van der Waals surface area contributed by atoms with Crippen molar-refractivity contribution in [1.82, 2.24) is 15.5 Å². The summed E-state index contributed by atoms with van der Waals surface area (Å²) < 4.78 is 10.4. The van der Waals surface area contributed by atoms with E-state index in [0.717, 1.165) is 6.42 Å². The molecule has 3 saturated heterocycles. The molecule has 3 aliphatic heterocycles. The molecule has 0 aromatic carbocycles. The van der Waals surface area contributed by atoms with Gasteiger partial charge in [-0.1, -0.05) is 0 Å². The van der Waals surface area contributed by atoms with Gasteiger partial charge in [0.25, 0.3) is 5.91 Å². The Labute approximate surface area is 164 Å². The molecule has 0 saturated carbocycles. The predicted molar refractivity (Wildman–Crippen MR) is 98.3 cm³/mol. The number of piperidine rings is 1. The molecule has 28 heavy (non-hydrogen) atoms. The second kappa shape index (κ2) is 7.69. The zero-order chi connectivity index (χ0) is 20.5. The van der Waals surface area contributed by atoms with Gasteiger partial charge in [-0.15, -0.1) is 0 Å².